The number of para-hydroxylation sites is 1. The molecular formula is C34H37N3O6S. The van der Waals surface area contributed by atoms with E-state index in [0.29, 0.717) is 33.1 Å². The number of esters is 2. The topological polar surface area (TPSA) is 101 Å². The molecule has 1 unspecified atom stereocenters. The number of ether oxygens (including phenoxy) is 3. The average Bonchev–Trinajstić information content (AvgIpc) is 3.45. The minimum absolute atomic E-state index is 0.0649. The van der Waals surface area contributed by atoms with Gasteiger partial charge in [-0.05, 0) is 50.0 Å². The van der Waals surface area contributed by atoms with Gasteiger partial charge in [-0.25, -0.2) is 9.79 Å². The molecule has 10 heteroatoms. The van der Waals surface area contributed by atoms with Gasteiger partial charge in [0.05, 0.1) is 35.1 Å². The summed E-state index contributed by atoms with van der Waals surface area (Å²) in [5.74, 6) is -0.532. The predicted octanol–water partition coefficient (Wildman–Crippen LogP) is 4.37. The van der Waals surface area contributed by atoms with Crippen molar-refractivity contribution in [2.75, 3.05) is 26.9 Å². The Balaban J connectivity index is 1.68. The van der Waals surface area contributed by atoms with Gasteiger partial charge in [-0.15, -0.1) is 0 Å². The van der Waals surface area contributed by atoms with Gasteiger partial charge in [-0.1, -0.05) is 67.6 Å². The van der Waals surface area contributed by atoms with Crippen molar-refractivity contribution in [3.05, 3.63) is 102 Å². The van der Waals surface area contributed by atoms with Gasteiger partial charge in [0.2, 0.25) is 0 Å². The van der Waals surface area contributed by atoms with E-state index in [1.54, 1.807) is 25.5 Å². The molecule has 9 nitrogen and oxygen atoms in total. The number of aromatic nitrogens is 2. The highest BCUT2D eigenvalue weighted by Gasteiger charge is 2.33. The van der Waals surface area contributed by atoms with Crippen LogP contribution in [-0.2, 0) is 30.3 Å². The fourth-order valence-corrected chi connectivity index (χ4v) is 6.60. The van der Waals surface area contributed by atoms with Crippen molar-refractivity contribution < 1.29 is 23.8 Å². The molecule has 1 aliphatic rings. The van der Waals surface area contributed by atoms with Crippen LogP contribution in [0.4, 0.5) is 0 Å². The summed E-state index contributed by atoms with van der Waals surface area (Å²) in [6.45, 7) is 10.4. The molecule has 0 saturated carbocycles. The largest absolute Gasteiger partial charge is 0.465 e. The molecule has 1 aliphatic heterocycles. The van der Waals surface area contributed by atoms with Crippen LogP contribution in [0.3, 0.4) is 0 Å². The van der Waals surface area contributed by atoms with Crippen LogP contribution in [-0.4, -0.2) is 48.0 Å². The summed E-state index contributed by atoms with van der Waals surface area (Å²) in [5, 5.41) is 0.916. The van der Waals surface area contributed by atoms with Crippen LogP contribution >= 0.6 is 11.3 Å². The van der Waals surface area contributed by atoms with Crippen LogP contribution in [0.25, 0.3) is 17.0 Å². The molecule has 2 aromatic heterocycles. The molecule has 0 aliphatic carbocycles. The molecule has 3 heterocycles. The van der Waals surface area contributed by atoms with Crippen LogP contribution in [0.5, 0.6) is 0 Å². The third-order valence-corrected chi connectivity index (χ3v) is 8.81. The van der Waals surface area contributed by atoms with E-state index in [1.165, 1.54) is 11.3 Å². The number of nitrogens with zero attached hydrogens (tertiary/aromatic N) is 3. The molecule has 1 atom stereocenters. The molecule has 0 radical (unpaired) electrons. The fraction of sp³-hybridized carbons (Fsp3) is 0.353. The van der Waals surface area contributed by atoms with Gasteiger partial charge >= 0.3 is 11.9 Å². The van der Waals surface area contributed by atoms with Crippen LogP contribution in [0.15, 0.2) is 69.6 Å². The van der Waals surface area contributed by atoms with Gasteiger partial charge in [-0.3, -0.25) is 14.2 Å². The number of thiazole rings is 1. The van der Waals surface area contributed by atoms with E-state index in [9.17, 15) is 14.4 Å². The molecule has 0 N–H and O–H groups in total. The number of methoxy groups -OCH3 is 1. The van der Waals surface area contributed by atoms with Gasteiger partial charge < -0.3 is 18.8 Å². The van der Waals surface area contributed by atoms with Gasteiger partial charge in [0.25, 0.3) is 5.56 Å². The first kappa shape index (κ1) is 31.2. The second-order valence-corrected chi connectivity index (χ2v) is 11.9. The number of rotatable bonds is 10. The highest BCUT2D eigenvalue weighted by molar-refractivity contribution is 7.07. The van der Waals surface area contributed by atoms with E-state index in [4.69, 9.17) is 19.2 Å². The maximum atomic E-state index is 14.2. The second-order valence-electron chi connectivity index (χ2n) is 10.9. The van der Waals surface area contributed by atoms with Crippen molar-refractivity contribution >= 4 is 40.3 Å². The number of benzene rings is 2. The molecule has 0 saturated heterocycles. The van der Waals surface area contributed by atoms with Crippen molar-refractivity contribution in [2.45, 2.75) is 53.1 Å². The average molecular weight is 616 g/mol. The zero-order valence-corrected chi connectivity index (χ0v) is 26.7. The molecule has 0 bridgehead atoms. The van der Waals surface area contributed by atoms with Crippen LogP contribution in [0.2, 0.25) is 0 Å². The summed E-state index contributed by atoms with van der Waals surface area (Å²) in [5.41, 5.74) is 5.05. The Bertz CT molecular complexity index is 1930. The molecule has 2 aromatic carbocycles. The molecule has 44 heavy (non-hydrogen) atoms. The normalized spacial score (nSPS) is 15.1. The summed E-state index contributed by atoms with van der Waals surface area (Å²) in [4.78, 5) is 45.3. The summed E-state index contributed by atoms with van der Waals surface area (Å²) < 4.78 is 19.8. The number of carbonyl (C=O) groups is 2. The maximum absolute atomic E-state index is 14.2. The van der Waals surface area contributed by atoms with E-state index in [1.807, 2.05) is 66.1 Å². The summed E-state index contributed by atoms with van der Waals surface area (Å²) in [7, 11) is 1.54. The Morgan fingerprint density at radius 2 is 1.77 bits per heavy atom. The van der Waals surface area contributed by atoms with Gasteiger partial charge in [0.1, 0.15) is 13.2 Å². The van der Waals surface area contributed by atoms with E-state index >= 15 is 0 Å². The minimum atomic E-state index is -0.712. The van der Waals surface area contributed by atoms with Crippen molar-refractivity contribution in [2.24, 2.45) is 4.99 Å². The smallest absolute Gasteiger partial charge is 0.338 e. The molecule has 230 valence electrons. The Morgan fingerprint density at radius 3 is 2.45 bits per heavy atom. The zero-order valence-electron chi connectivity index (χ0n) is 25.9. The first-order chi connectivity index (χ1) is 21.2. The van der Waals surface area contributed by atoms with E-state index in [-0.39, 0.29) is 31.3 Å². The zero-order chi connectivity index (χ0) is 31.5. The van der Waals surface area contributed by atoms with Crippen molar-refractivity contribution in [3.63, 3.8) is 0 Å². The molecule has 0 spiro atoms. The van der Waals surface area contributed by atoms with Crippen molar-refractivity contribution in [1.82, 2.24) is 9.13 Å². The Hall–Kier alpha value is -4.28. The number of hydrogen-bond acceptors (Lipinski definition) is 8. The summed E-state index contributed by atoms with van der Waals surface area (Å²) in [6.07, 6.45) is 1.86. The third kappa shape index (κ3) is 5.92. The quantitative estimate of drug-likeness (QED) is 0.194. The Kier molecular flexibility index (Phi) is 9.31. The Labute approximate surface area is 259 Å². The number of allylic oxidation sites excluding steroid dienone is 1. The maximum Gasteiger partial charge on any atom is 0.338 e. The van der Waals surface area contributed by atoms with E-state index < -0.39 is 12.0 Å². The van der Waals surface area contributed by atoms with Crippen molar-refractivity contribution in [3.8, 4) is 0 Å². The lowest BCUT2D eigenvalue weighted by atomic mass is 9.93. The predicted molar refractivity (Wildman–Crippen MR) is 170 cm³/mol. The Morgan fingerprint density at radius 1 is 1.05 bits per heavy atom. The highest BCUT2D eigenvalue weighted by atomic mass is 32.1. The molecule has 0 fully saturated rings. The number of hydrogen-bond donors (Lipinski definition) is 0. The number of fused-ring (bicyclic) bond motifs is 2. The molecule has 4 aromatic rings. The lowest BCUT2D eigenvalue weighted by Gasteiger charge is -2.25. The van der Waals surface area contributed by atoms with E-state index in [2.05, 4.69) is 13.8 Å². The lowest BCUT2D eigenvalue weighted by Crippen LogP contribution is -2.40. The highest BCUT2D eigenvalue weighted by Crippen LogP contribution is 2.32. The SMILES string of the molecule is CCOC(=O)Cn1c(C)c(C=c2sc3n(c2=O)C(c2ccc(C(C)C)cc2)C(C(=O)OCCOC)=C(C)N=3)c2ccccc21. The molecule has 5 rings (SSSR count). The second kappa shape index (κ2) is 13.2. The first-order valence-corrected chi connectivity index (χ1v) is 15.5. The van der Waals surface area contributed by atoms with Crippen molar-refractivity contribution in [1.29, 1.82) is 0 Å². The summed E-state index contributed by atoms with van der Waals surface area (Å²) >= 11 is 1.27. The van der Waals surface area contributed by atoms with E-state index in [0.717, 1.165) is 33.3 Å². The third-order valence-electron chi connectivity index (χ3n) is 7.83. The van der Waals surface area contributed by atoms with Gasteiger partial charge in [-0.2, -0.15) is 0 Å². The van der Waals surface area contributed by atoms with Crippen LogP contribution < -0.4 is 14.9 Å². The molecule has 0 amide bonds. The first-order valence-electron chi connectivity index (χ1n) is 14.7. The van der Waals surface area contributed by atoms with Gasteiger partial charge in [0.15, 0.2) is 4.80 Å². The van der Waals surface area contributed by atoms with Gasteiger partial charge in [0, 0.05) is 29.3 Å². The monoisotopic (exact) mass is 615 g/mol. The number of carbonyl (C=O) groups excluding carboxylic acids is 2. The lowest BCUT2D eigenvalue weighted by molar-refractivity contribution is -0.144. The summed E-state index contributed by atoms with van der Waals surface area (Å²) in [6, 6.07) is 15.0. The fourth-order valence-electron chi connectivity index (χ4n) is 5.57. The molecular weight excluding hydrogens is 578 g/mol. The minimum Gasteiger partial charge on any atom is -0.465 e. The van der Waals surface area contributed by atoms with Crippen LogP contribution in [0.1, 0.15) is 62.0 Å². The standard InChI is InChI=1S/C34H37N3O6S/c1-7-42-29(38)19-36-22(5)26(25-10-8-9-11-27(25)36)18-28-32(39)37-31(24-14-12-23(13-15-24)20(2)3)30(21(4)35-34(37)44-28)33(40)43-17-16-41-6/h8-15,18,20,31H,7,16-17,19H2,1-6H3. The van der Waals surface area contributed by atoms with Crippen LogP contribution in [0, 0.1) is 6.92 Å².